The predicted octanol–water partition coefficient (Wildman–Crippen LogP) is 4.31. The Hall–Kier alpha value is -3.70. The fourth-order valence-electron chi connectivity index (χ4n) is 2.50. The molecular formula is C23H18F2N2O3S. The number of aryl methyl sites for hydroxylation is 1. The van der Waals surface area contributed by atoms with Crippen LogP contribution in [-0.2, 0) is 10.0 Å². The van der Waals surface area contributed by atoms with E-state index in [1.54, 1.807) is 48.5 Å². The SMILES string of the molecule is Cc1ccc(S(=O)(=O)NN=Cc2cccc(C#Cc3ccc(OC(F)F)cc3)c2)cc1. The third-order valence-electron chi connectivity index (χ3n) is 4.04. The molecule has 0 aliphatic rings. The first-order valence-electron chi connectivity index (χ1n) is 9.10. The third kappa shape index (κ3) is 6.66. The molecule has 0 heterocycles. The molecule has 31 heavy (non-hydrogen) atoms. The number of sulfonamides is 1. The highest BCUT2D eigenvalue weighted by Gasteiger charge is 2.11. The summed E-state index contributed by atoms with van der Waals surface area (Å²) in [6.45, 7) is -1.00. The molecule has 0 aliphatic carbocycles. The van der Waals surface area contributed by atoms with Crippen molar-refractivity contribution < 1.29 is 21.9 Å². The molecule has 0 aliphatic heterocycles. The number of alkyl halides is 2. The van der Waals surface area contributed by atoms with Crippen molar-refractivity contribution in [3.63, 3.8) is 0 Å². The van der Waals surface area contributed by atoms with Crippen LogP contribution in [0.2, 0.25) is 0 Å². The molecule has 3 aromatic rings. The van der Waals surface area contributed by atoms with Crippen LogP contribution in [-0.4, -0.2) is 21.2 Å². The largest absolute Gasteiger partial charge is 0.435 e. The lowest BCUT2D eigenvalue weighted by atomic mass is 10.1. The van der Waals surface area contributed by atoms with Crippen LogP contribution in [0.15, 0.2) is 82.8 Å². The Bertz CT molecular complexity index is 1230. The van der Waals surface area contributed by atoms with Crippen LogP contribution in [0.5, 0.6) is 5.75 Å². The molecule has 0 bridgehead atoms. The van der Waals surface area contributed by atoms with E-state index < -0.39 is 16.6 Å². The Morgan fingerprint density at radius 1 is 0.968 bits per heavy atom. The van der Waals surface area contributed by atoms with E-state index in [-0.39, 0.29) is 10.6 Å². The molecule has 3 aromatic carbocycles. The predicted molar refractivity (Wildman–Crippen MR) is 115 cm³/mol. The standard InChI is InChI=1S/C23H18F2N2O3S/c1-17-5-13-22(14-6-17)31(28,29)27-26-16-20-4-2-3-19(15-20)8-7-18-9-11-21(12-10-18)30-23(24)25/h2-6,9-16,23,27H,1H3. The Morgan fingerprint density at radius 2 is 1.65 bits per heavy atom. The molecule has 0 atom stereocenters. The number of nitrogens with one attached hydrogen (secondary N) is 1. The first-order valence-corrected chi connectivity index (χ1v) is 10.6. The zero-order valence-corrected chi connectivity index (χ0v) is 17.2. The average Bonchev–Trinajstić information content (AvgIpc) is 2.73. The summed E-state index contributed by atoms with van der Waals surface area (Å²) in [5.74, 6) is 5.95. The number of hydrazone groups is 1. The Kier molecular flexibility index (Phi) is 7.00. The van der Waals surface area contributed by atoms with Crippen LogP contribution < -0.4 is 9.57 Å². The molecule has 0 unspecified atom stereocenters. The summed E-state index contributed by atoms with van der Waals surface area (Å²) in [5.41, 5.74) is 2.92. The van der Waals surface area contributed by atoms with Gasteiger partial charge in [-0.25, -0.2) is 4.83 Å². The minimum absolute atomic E-state index is 0.0619. The molecule has 0 aromatic heterocycles. The van der Waals surface area contributed by atoms with E-state index in [0.717, 1.165) is 5.56 Å². The van der Waals surface area contributed by atoms with Crippen LogP contribution in [0, 0.1) is 18.8 Å². The molecule has 8 heteroatoms. The molecule has 5 nitrogen and oxygen atoms in total. The summed E-state index contributed by atoms with van der Waals surface area (Å²) >= 11 is 0. The first-order chi connectivity index (χ1) is 14.8. The van der Waals surface area contributed by atoms with Gasteiger partial charge in [0.1, 0.15) is 5.75 Å². The van der Waals surface area contributed by atoms with E-state index in [1.165, 1.54) is 30.5 Å². The van der Waals surface area contributed by atoms with Gasteiger partial charge in [0.05, 0.1) is 11.1 Å². The number of rotatable bonds is 6. The quantitative estimate of drug-likeness (QED) is 0.353. The minimum atomic E-state index is -3.75. The topological polar surface area (TPSA) is 67.8 Å². The van der Waals surface area contributed by atoms with E-state index in [2.05, 4.69) is 26.5 Å². The zero-order chi connectivity index (χ0) is 22.3. The second-order valence-electron chi connectivity index (χ2n) is 6.44. The maximum atomic E-state index is 12.2. The van der Waals surface area contributed by atoms with Gasteiger partial charge in [0.2, 0.25) is 0 Å². The van der Waals surface area contributed by atoms with Gasteiger partial charge in [-0.3, -0.25) is 0 Å². The molecule has 3 rings (SSSR count). The normalized spacial score (nSPS) is 11.2. The number of hydrogen-bond donors (Lipinski definition) is 1. The smallest absolute Gasteiger partial charge is 0.387 e. The Morgan fingerprint density at radius 3 is 2.32 bits per heavy atom. The molecule has 0 amide bonds. The second kappa shape index (κ2) is 9.87. The summed E-state index contributed by atoms with van der Waals surface area (Å²) in [6.07, 6.45) is 1.38. The average molecular weight is 440 g/mol. The Balaban J connectivity index is 1.67. The van der Waals surface area contributed by atoms with Crippen molar-refractivity contribution in [2.45, 2.75) is 18.4 Å². The van der Waals surface area contributed by atoms with Crippen molar-refractivity contribution in [2.75, 3.05) is 0 Å². The molecule has 0 radical (unpaired) electrons. The van der Waals surface area contributed by atoms with E-state index in [1.807, 2.05) is 6.92 Å². The lowest BCUT2D eigenvalue weighted by Gasteiger charge is -2.03. The van der Waals surface area contributed by atoms with Gasteiger partial charge in [0.25, 0.3) is 10.0 Å². The number of benzene rings is 3. The van der Waals surface area contributed by atoms with E-state index >= 15 is 0 Å². The van der Waals surface area contributed by atoms with Crippen LogP contribution in [0.25, 0.3) is 0 Å². The maximum absolute atomic E-state index is 12.2. The fourth-order valence-corrected chi connectivity index (χ4v) is 3.29. The van der Waals surface area contributed by atoms with Gasteiger partial charge < -0.3 is 4.74 Å². The lowest BCUT2D eigenvalue weighted by molar-refractivity contribution is -0.0498. The molecule has 158 valence electrons. The zero-order valence-electron chi connectivity index (χ0n) is 16.4. The Labute approximate surface area is 179 Å². The van der Waals surface area contributed by atoms with Gasteiger partial charge in [-0.1, -0.05) is 41.7 Å². The number of nitrogens with zero attached hydrogens (tertiary/aromatic N) is 1. The van der Waals surface area contributed by atoms with E-state index in [0.29, 0.717) is 16.7 Å². The van der Waals surface area contributed by atoms with Gasteiger partial charge >= 0.3 is 6.61 Å². The number of hydrogen-bond acceptors (Lipinski definition) is 4. The van der Waals surface area contributed by atoms with E-state index in [4.69, 9.17) is 0 Å². The lowest BCUT2D eigenvalue weighted by Crippen LogP contribution is -2.18. The highest BCUT2D eigenvalue weighted by Crippen LogP contribution is 2.14. The number of ether oxygens (including phenoxy) is 1. The molecular weight excluding hydrogens is 422 g/mol. The minimum Gasteiger partial charge on any atom is -0.435 e. The summed E-state index contributed by atoms with van der Waals surface area (Å²) in [6, 6.07) is 19.5. The van der Waals surface area contributed by atoms with Crippen molar-refractivity contribution in [3.8, 4) is 17.6 Å². The van der Waals surface area contributed by atoms with Gasteiger partial charge in [0.15, 0.2) is 0 Å². The summed E-state index contributed by atoms with van der Waals surface area (Å²) in [7, 11) is -3.75. The fraction of sp³-hybridized carbons (Fsp3) is 0.0870. The van der Waals surface area contributed by atoms with E-state index in [9.17, 15) is 17.2 Å². The molecule has 0 saturated carbocycles. The maximum Gasteiger partial charge on any atom is 0.387 e. The first kappa shape index (κ1) is 22.0. The summed E-state index contributed by atoms with van der Waals surface area (Å²) < 4.78 is 53.2. The number of halogens is 2. The highest BCUT2D eigenvalue weighted by atomic mass is 32.2. The monoisotopic (exact) mass is 440 g/mol. The van der Waals surface area contributed by atoms with Crippen LogP contribution in [0.1, 0.15) is 22.3 Å². The van der Waals surface area contributed by atoms with Gasteiger partial charge in [-0.15, -0.1) is 0 Å². The van der Waals surface area contributed by atoms with Crippen molar-refractivity contribution in [1.29, 1.82) is 0 Å². The van der Waals surface area contributed by atoms with Crippen LogP contribution in [0.3, 0.4) is 0 Å². The van der Waals surface area contributed by atoms with Gasteiger partial charge in [0, 0.05) is 11.1 Å². The highest BCUT2D eigenvalue weighted by molar-refractivity contribution is 7.89. The van der Waals surface area contributed by atoms with Gasteiger partial charge in [-0.2, -0.15) is 22.3 Å². The second-order valence-corrected chi connectivity index (χ2v) is 8.11. The summed E-state index contributed by atoms with van der Waals surface area (Å²) in [4.78, 5) is 2.30. The molecule has 1 N–H and O–H groups in total. The van der Waals surface area contributed by atoms with Crippen molar-refractivity contribution in [2.24, 2.45) is 5.10 Å². The molecule has 0 spiro atoms. The van der Waals surface area contributed by atoms with Crippen molar-refractivity contribution in [1.82, 2.24) is 4.83 Å². The third-order valence-corrected chi connectivity index (χ3v) is 5.27. The van der Waals surface area contributed by atoms with Gasteiger partial charge in [-0.05, 0) is 61.0 Å². The molecule has 0 saturated heterocycles. The summed E-state index contributed by atoms with van der Waals surface area (Å²) in [5, 5.41) is 3.82. The molecule has 0 fully saturated rings. The van der Waals surface area contributed by atoms with Crippen molar-refractivity contribution in [3.05, 3.63) is 95.1 Å². The van der Waals surface area contributed by atoms with Crippen LogP contribution >= 0.6 is 0 Å². The van der Waals surface area contributed by atoms with Crippen LogP contribution in [0.4, 0.5) is 8.78 Å². The van der Waals surface area contributed by atoms with Crippen molar-refractivity contribution >= 4 is 16.2 Å².